The molecule has 15 nitrogen and oxygen atoms in total. The number of hydrogen-bond donors (Lipinski definition) is 4. The number of benzene rings is 3. The highest BCUT2D eigenvalue weighted by Gasteiger charge is 2.18. The van der Waals surface area contributed by atoms with Gasteiger partial charge in [0.1, 0.15) is 22.9 Å². The number of nitrogens with zero attached hydrogens (tertiary/aromatic N) is 6. The molecule has 5 aromatic rings. The Morgan fingerprint density at radius 3 is 1.50 bits per heavy atom. The summed E-state index contributed by atoms with van der Waals surface area (Å²) in [6.07, 6.45) is 2.89. The Kier molecular flexibility index (Phi) is 9.06. The van der Waals surface area contributed by atoms with Crippen molar-refractivity contribution in [3.05, 3.63) is 115 Å². The Morgan fingerprint density at radius 1 is 0.609 bits per heavy atom. The van der Waals surface area contributed by atoms with Gasteiger partial charge in [0.2, 0.25) is 0 Å². The van der Waals surface area contributed by atoms with Gasteiger partial charge in [0, 0.05) is 12.4 Å². The molecule has 0 bridgehead atoms. The molecule has 17 heteroatoms. The first-order valence-corrected chi connectivity index (χ1v) is 16.0. The number of azo groups is 2. The van der Waals surface area contributed by atoms with E-state index >= 15 is 0 Å². The normalized spacial score (nSPS) is 11.9. The molecule has 0 atom stereocenters. The minimum absolute atomic E-state index is 0.000274. The van der Waals surface area contributed by atoms with E-state index in [1.807, 2.05) is 0 Å². The zero-order chi connectivity index (χ0) is 32.7. The number of aromatic hydroxyl groups is 1. The molecule has 46 heavy (non-hydrogen) atoms. The van der Waals surface area contributed by atoms with Crippen molar-refractivity contribution in [1.82, 2.24) is 9.97 Å². The van der Waals surface area contributed by atoms with Crippen molar-refractivity contribution in [1.29, 1.82) is 0 Å². The van der Waals surface area contributed by atoms with E-state index in [-0.39, 0.29) is 44.2 Å². The number of carboxylic acid groups (broad SMARTS) is 1. The van der Waals surface area contributed by atoms with Gasteiger partial charge in [-0.15, -0.1) is 5.11 Å². The van der Waals surface area contributed by atoms with Gasteiger partial charge in [0.25, 0.3) is 20.0 Å². The second-order valence-electron chi connectivity index (χ2n) is 9.19. The summed E-state index contributed by atoms with van der Waals surface area (Å²) in [5.74, 6) is -1.84. The molecule has 0 radical (unpaired) electrons. The minimum Gasteiger partial charge on any atom is -0.505 e. The van der Waals surface area contributed by atoms with Crippen LogP contribution in [0.25, 0.3) is 0 Å². The van der Waals surface area contributed by atoms with Crippen molar-refractivity contribution in [2.75, 3.05) is 9.44 Å². The Labute approximate surface area is 262 Å². The molecular formula is C29H22N8O7S2. The molecule has 232 valence electrons. The van der Waals surface area contributed by atoms with Crippen LogP contribution < -0.4 is 9.44 Å². The Hall–Kier alpha value is -6.07. The second-order valence-corrected chi connectivity index (χ2v) is 12.6. The fraction of sp³-hybridized carbons (Fsp3) is 0. The Morgan fingerprint density at radius 2 is 1.07 bits per heavy atom. The molecule has 5 rings (SSSR count). The van der Waals surface area contributed by atoms with E-state index in [1.165, 1.54) is 79.1 Å². The van der Waals surface area contributed by atoms with Crippen LogP contribution in [0.15, 0.2) is 140 Å². The van der Waals surface area contributed by atoms with E-state index in [0.717, 1.165) is 6.07 Å². The molecule has 0 aliphatic rings. The number of nitrogens with one attached hydrogen (secondary N) is 2. The van der Waals surface area contributed by atoms with Crippen LogP contribution in [-0.4, -0.2) is 43.0 Å². The molecule has 0 aliphatic carbocycles. The van der Waals surface area contributed by atoms with Crippen molar-refractivity contribution in [3.8, 4) is 5.75 Å². The summed E-state index contributed by atoms with van der Waals surface area (Å²) in [5, 5.41) is 36.0. The lowest BCUT2D eigenvalue weighted by Crippen LogP contribution is -2.13. The third-order valence-electron chi connectivity index (χ3n) is 5.96. The molecule has 2 heterocycles. The zero-order valence-electron chi connectivity index (χ0n) is 23.3. The average Bonchev–Trinajstić information content (AvgIpc) is 3.04. The van der Waals surface area contributed by atoms with E-state index in [9.17, 15) is 31.8 Å². The molecule has 0 saturated carbocycles. The maximum Gasteiger partial charge on any atom is 0.339 e. The molecule has 0 saturated heterocycles. The number of anilines is 2. The summed E-state index contributed by atoms with van der Waals surface area (Å²) in [6, 6.07) is 22.6. The van der Waals surface area contributed by atoms with Gasteiger partial charge in [-0.2, -0.15) is 15.3 Å². The topological polar surface area (TPSA) is 225 Å². The van der Waals surface area contributed by atoms with Crippen LogP contribution in [0.1, 0.15) is 10.4 Å². The van der Waals surface area contributed by atoms with Crippen molar-refractivity contribution in [2.45, 2.75) is 9.79 Å². The van der Waals surface area contributed by atoms with Gasteiger partial charge < -0.3 is 10.2 Å². The summed E-state index contributed by atoms with van der Waals surface area (Å²) < 4.78 is 55.2. The third-order valence-corrected chi connectivity index (χ3v) is 8.70. The standard InChI is InChI=1S/C29H22N8O7S2/c38-28-24(29(39)40)17-21(34-32-19-7-11-22(12-8-19)45(41,42)36-26-5-1-3-15-30-26)18-25(28)35-33-20-9-13-23(14-10-20)46(43,44)37-27-6-2-4-16-31-27/h1-18,38H,(H,30,36)(H,31,37)(H,39,40). The number of aromatic carboxylic acids is 1. The quantitative estimate of drug-likeness (QED) is 0.116. The first kappa shape index (κ1) is 31.4. The zero-order valence-corrected chi connectivity index (χ0v) is 25.0. The highest BCUT2D eigenvalue weighted by atomic mass is 32.2. The Balaban J connectivity index is 1.33. The summed E-state index contributed by atoms with van der Waals surface area (Å²) in [6.45, 7) is 0. The highest BCUT2D eigenvalue weighted by molar-refractivity contribution is 7.93. The molecule has 0 aliphatic heterocycles. The first-order chi connectivity index (χ1) is 22.0. The fourth-order valence-electron chi connectivity index (χ4n) is 3.75. The molecule has 2 aromatic heterocycles. The van der Waals surface area contributed by atoms with Crippen LogP contribution in [-0.2, 0) is 20.0 Å². The van der Waals surface area contributed by atoms with Gasteiger partial charge in [0.05, 0.1) is 26.9 Å². The van der Waals surface area contributed by atoms with Gasteiger partial charge in [0.15, 0.2) is 5.75 Å². The van der Waals surface area contributed by atoms with E-state index in [1.54, 1.807) is 24.3 Å². The van der Waals surface area contributed by atoms with E-state index < -0.39 is 37.3 Å². The highest BCUT2D eigenvalue weighted by Crippen LogP contribution is 2.37. The van der Waals surface area contributed by atoms with Crippen molar-refractivity contribution < 1.29 is 31.8 Å². The van der Waals surface area contributed by atoms with Crippen LogP contribution in [0.2, 0.25) is 0 Å². The van der Waals surface area contributed by atoms with Crippen LogP contribution in [0.4, 0.5) is 34.4 Å². The van der Waals surface area contributed by atoms with Gasteiger partial charge in [-0.05, 0) is 84.9 Å². The SMILES string of the molecule is O=C(O)c1cc(N=Nc2ccc(S(=O)(=O)Nc3ccccn3)cc2)cc(N=Nc2ccc(S(=O)(=O)Nc3ccccn3)cc2)c1O. The number of carbonyl (C=O) groups is 1. The van der Waals surface area contributed by atoms with Gasteiger partial charge in [-0.25, -0.2) is 31.6 Å². The Bertz CT molecular complexity index is 2150. The van der Waals surface area contributed by atoms with Crippen LogP contribution in [0.5, 0.6) is 5.75 Å². The predicted octanol–water partition coefficient (Wildman–Crippen LogP) is 6.31. The molecular weight excluding hydrogens is 637 g/mol. The average molecular weight is 659 g/mol. The third kappa shape index (κ3) is 7.71. The summed E-state index contributed by atoms with van der Waals surface area (Å²) in [4.78, 5) is 19.5. The lowest BCUT2D eigenvalue weighted by Gasteiger charge is -2.07. The van der Waals surface area contributed by atoms with Gasteiger partial charge in [-0.3, -0.25) is 9.44 Å². The van der Waals surface area contributed by atoms with Crippen molar-refractivity contribution in [2.24, 2.45) is 20.5 Å². The number of pyridine rings is 2. The fourth-order valence-corrected chi connectivity index (χ4v) is 5.77. The lowest BCUT2D eigenvalue weighted by molar-refractivity contribution is 0.0693. The maximum absolute atomic E-state index is 12.6. The van der Waals surface area contributed by atoms with Crippen LogP contribution >= 0.6 is 0 Å². The summed E-state index contributed by atoms with van der Waals surface area (Å²) in [5.41, 5.74) is -0.316. The van der Waals surface area contributed by atoms with E-state index in [2.05, 4.69) is 39.9 Å². The predicted molar refractivity (Wildman–Crippen MR) is 166 cm³/mol. The van der Waals surface area contributed by atoms with Gasteiger partial charge >= 0.3 is 5.97 Å². The first-order valence-electron chi connectivity index (χ1n) is 13.0. The number of phenols is 1. The van der Waals surface area contributed by atoms with Crippen molar-refractivity contribution >= 4 is 60.4 Å². The molecule has 0 spiro atoms. The summed E-state index contributed by atoms with van der Waals surface area (Å²) in [7, 11) is -7.84. The second kappa shape index (κ2) is 13.3. The van der Waals surface area contributed by atoms with Crippen molar-refractivity contribution in [3.63, 3.8) is 0 Å². The number of sulfonamides is 2. The molecule has 0 fully saturated rings. The molecule has 0 amide bonds. The molecule has 0 unspecified atom stereocenters. The monoisotopic (exact) mass is 658 g/mol. The van der Waals surface area contributed by atoms with E-state index in [4.69, 9.17) is 0 Å². The van der Waals surface area contributed by atoms with Crippen LogP contribution in [0, 0.1) is 0 Å². The number of hydrogen-bond acceptors (Lipinski definition) is 12. The number of carboxylic acids is 1. The smallest absolute Gasteiger partial charge is 0.339 e. The number of aromatic nitrogens is 2. The lowest BCUT2D eigenvalue weighted by atomic mass is 10.1. The van der Waals surface area contributed by atoms with Gasteiger partial charge in [-0.1, -0.05) is 12.1 Å². The molecule has 3 aromatic carbocycles. The number of rotatable bonds is 11. The largest absolute Gasteiger partial charge is 0.505 e. The maximum atomic E-state index is 12.6. The molecule has 4 N–H and O–H groups in total. The summed E-state index contributed by atoms with van der Waals surface area (Å²) >= 11 is 0. The minimum atomic E-state index is -3.93. The van der Waals surface area contributed by atoms with Crippen LogP contribution in [0.3, 0.4) is 0 Å². The van der Waals surface area contributed by atoms with E-state index in [0.29, 0.717) is 0 Å².